The second-order valence-electron chi connectivity index (χ2n) is 7.78. The first-order chi connectivity index (χ1) is 16.0. The number of ether oxygens (including phenoxy) is 1. The number of para-hydroxylation sites is 1. The number of aliphatic carboxylic acids is 1. The average Bonchev–Trinajstić information content (AvgIpc) is 3.47. The number of aromatic amines is 1. The molecule has 4 aromatic rings. The minimum atomic E-state index is -0.835. The van der Waals surface area contributed by atoms with Crippen LogP contribution in [0.25, 0.3) is 11.0 Å². The molecule has 0 bridgehead atoms. The maximum atomic E-state index is 13.4. The van der Waals surface area contributed by atoms with Crippen molar-refractivity contribution >= 4 is 40.2 Å². The van der Waals surface area contributed by atoms with Gasteiger partial charge in [0.05, 0.1) is 21.9 Å². The van der Waals surface area contributed by atoms with Crippen LogP contribution < -0.4 is 9.64 Å². The summed E-state index contributed by atoms with van der Waals surface area (Å²) >= 11 is 6.46. The number of nitrogens with one attached hydrogen (secondary N) is 1. The molecule has 9 heteroatoms. The third-order valence-corrected chi connectivity index (χ3v) is 6.01. The summed E-state index contributed by atoms with van der Waals surface area (Å²) in [6.07, 6.45) is 3.50. The number of benzene rings is 2. The summed E-state index contributed by atoms with van der Waals surface area (Å²) in [5.74, 6) is 0.118. The number of halogens is 1. The highest BCUT2D eigenvalue weighted by Gasteiger charge is 2.31. The van der Waals surface area contributed by atoms with Gasteiger partial charge < -0.3 is 19.7 Å². The number of hydrogen-bond donors (Lipinski definition) is 2. The standard InChI is InChI=1S/C24H19ClN4O4/c25-19-10-16(33-15-4-2-1-3-5-15)6-7-17(19)21(30)18-11-26-22-20(18)23(28-13-27-22)29-9-8-14(12-29)24(31)32/h1-7,10-11,13-14H,8-9,12H2,(H,31,32)(H,26,27,28). The lowest BCUT2D eigenvalue weighted by Gasteiger charge is -2.18. The molecule has 0 spiro atoms. The fourth-order valence-corrected chi connectivity index (χ4v) is 4.29. The van der Waals surface area contributed by atoms with E-state index < -0.39 is 11.9 Å². The van der Waals surface area contributed by atoms with Gasteiger partial charge in [-0.25, -0.2) is 9.97 Å². The average molecular weight is 463 g/mol. The molecule has 0 radical (unpaired) electrons. The van der Waals surface area contributed by atoms with Gasteiger partial charge in [0, 0.05) is 30.9 Å². The van der Waals surface area contributed by atoms with Crippen molar-refractivity contribution in [2.75, 3.05) is 18.0 Å². The van der Waals surface area contributed by atoms with Crippen molar-refractivity contribution < 1.29 is 19.4 Å². The zero-order chi connectivity index (χ0) is 22.9. The van der Waals surface area contributed by atoms with Crippen LogP contribution >= 0.6 is 11.6 Å². The van der Waals surface area contributed by atoms with Gasteiger partial charge in [0.2, 0.25) is 0 Å². The maximum absolute atomic E-state index is 13.4. The monoisotopic (exact) mass is 462 g/mol. The van der Waals surface area contributed by atoms with Gasteiger partial charge in [-0.1, -0.05) is 29.8 Å². The molecule has 2 aromatic heterocycles. The molecular formula is C24H19ClN4O4. The normalized spacial score (nSPS) is 15.7. The van der Waals surface area contributed by atoms with Gasteiger partial charge in [0.1, 0.15) is 29.3 Å². The van der Waals surface area contributed by atoms with Crippen molar-refractivity contribution in [3.63, 3.8) is 0 Å². The highest BCUT2D eigenvalue weighted by molar-refractivity contribution is 6.35. The molecule has 2 N–H and O–H groups in total. The first-order valence-corrected chi connectivity index (χ1v) is 10.8. The van der Waals surface area contributed by atoms with Crippen LogP contribution in [0.15, 0.2) is 61.1 Å². The van der Waals surface area contributed by atoms with Crippen LogP contribution in [0.2, 0.25) is 5.02 Å². The highest BCUT2D eigenvalue weighted by atomic mass is 35.5. The topological polar surface area (TPSA) is 108 Å². The number of rotatable bonds is 6. The number of carboxylic acid groups (broad SMARTS) is 1. The molecule has 1 fully saturated rings. The third kappa shape index (κ3) is 4.01. The number of carboxylic acids is 1. The molecule has 8 nitrogen and oxygen atoms in total. The molecule has 1 atom stereocenters. The second kappa shape index (κ2) is 8.55. The Balaban J connectivity index is 1.47. The Bertz CT molecular complexity index is 1360. The number of carbonyl (C=O) groups excluding carboxylic acids is 1. The number of hydrogen-bond acceptors (Lipinski definition) is 6. The van der Waals surface area contributed by atoms with E-state index in [1.165, 1.54) is 6.33 Å². The molecule has 1 aliphatic heterocycles. The van der Waals surface area contributed by atoms with Gasteiger partial charge in [-0.2, -0.15) is 0 Å². The summed E-state index contributed by atoms with van der Waals surface area (Å²) in [5, 5.41) is 10.2. The van der Waals surface area contributed by atoms with E-state index in [4.69, 9.17) is 16.3 Å². The van der Waals surface area contributed by atoms with Gasteiger partial charge in [-0.3, -0.25) is 9.59 Å². The summed E-state index contributed by atoms with van der Waals surface area (Å²) in [4.78, 5) is 38.3. The van der Waals surface area contributed by atoms with Gasteiger partial charge >= 0.3 is 5.97 Å². The van der Waals surface area contributed by atoms with Crippen molar-refractivity contribution in [2.45, 2.75) is 6.42 Å². The summed E-state index contributed by atoms with van der Waals surface area (Å²) in [6, 6.07) is 14.2. The molecular weight excluding hydrogens is 444 g/mol. The number of ketones is 1. The van der Waals surface area contributed by atoms with E-state index in [0.717, 1.165) is 0 Å². The minimum Gasteiger partial charge on any atom is -0.481 e. The van der Waals surface area contributed by atoms with E-state index in [1.54, 1.807) is 24.4 Å². The van der Waals surface area contributed by atoms with E-state index in [1.807, 2.05) is 35.2 Å². The fraction of sp³-hybridized carbons (Fsp3) is 0.167. The van der Waals surface area contributed by atoms with Crippen LogP contribution in [0.4, 0.5) is 5.82 Å². The van der Waals surface area contributed by atoms with Crippen molar-refractivity contribution in [1.82, 2.24) is 15.0 Å². The van der Waals surface area contributed by atoms with Crippen LogP contribution in [0, 0.1) is 5.92 Å². The number of fused-ring (bicyclic) bond motifs is 1. The molecule has 33 heavy (non-hydrogen) atoms. The van der Waals surface area contributed by atoms with E-state index >= 15 is 0 Å². The number of anilines is 1. The number of nitrogens with zero attached hydrogens (tertiary/aromatic N) is 3. The zero-order valence-corrected chi connectivity index (χ0v) is 18.1. The smallest absolute Gasteiger partial charge is 0.308 e. The van der Waals surface area contributed by atoms with Crippen LogP contribution in [-0.4, -0.2) is 44.9 Å². The van der Waals surface area contributed by atoms with Crippen molar-refractivity contribution in [2.24, 2.45) is 5.92 Å². The Labute approximate surface area is 193 Å². The van der Waals surface area contributed by atoms with E-state index in [0.29, 0.717) is 59.0 Å². The van der Waals surface area contributed by atoms with E-state index in [2.05, 4.69) is 15.0 Å². The lowest BCUT2D eigenvalue weighted by atomic mass is 10.0. The fourth-order valence-electron chi connectivity index (χ4n) is 4.03. The molecule has 166 valence electrons. The largest absolute Gasteiger partial charge is 0.481 e. The number of aromatic nitrogens is 3. The van der Waals surface area contributed by atoms with Gasteiger partial charge in [0.25, 0.3) is 0 Å². The number of carbonyl (C=O) groups is 2. The SMILES string of the molecule is O=C(c1ccc(Oc2ccccc2)cc1Cl)c1c[nH]c2ncnc(N3CCC(C(=O)O)C3)c12. The summed E-state index contributed by atoms with van der Waals surface area (Å²) in [5.41, 5.74) is 1.19. The summed E-state index contributed by atoms with van der Waals surface area (Å²) in [7, 11) is 0. The highest BCUT2D eigenvalue weighted by Crippen LogP contribution is 2.34. The van der Waals surface area contributed by atoms with Crippen LogP contribution in [0.3, 0.4) is 0 Å². The van der Waals surface area contributed by atoms with Crippen molar-refractivity contribution in [3.05, 3.63) is 77.2 Å². The predicted molar refractivity (Wildman–Crippen MR) is 123 cm³/mol. The zero-order valence-electron chi connectivity index (χ0n) is 17.4. The second-order valence-corrected chi connectivity index (χ2v) is 8.19. The van der Waals surface area contributed by atoms with Crippen LogP contribution in [0.5, 0.6) is 11.5 Å². The third-order valence-electron chi connectivity index (χ3n) is 5.70. The van der Waals surface area contributed by atoms with Gasteiger partial charge in [-0.15, -0.1) is 0 Å². The molecule has 2 aromatic carbocycles. The maximum Gasteiger partial charge on any atom is 0.308 e. The molecule has 0 amide bonds. The van der Waals surface area contributed by atoms with Crippen molar-refractivity contribution in [3.8, 4) is 11.5 Å². The minimum absolute atomic E-state index is 0.258. The first kappa shape index (κ1) is 21.0. The number of H-pyrrole nitrogens is 1. The van der Waals surface area contributed by atoms with E-state index in [9.17, 15) is 14.7 Å². The van der Waals surface area contributed by atoms with E-state index in [-0.39, 0.29) is 10.8 Å². The Morgan fingerprint density at radius 1 is 1.09 bits per heavy atom. The first-order valence-electron chi connectivity index (χ1n) is 10.4. The lowest BCUT2D eigenvalue weighted by Crippen LogP contribution is -2.24. The van der Waals surface area contributed by atoms with Crippen LogP contribution in [-0.2, 0) is 4.79 Å². The van der Waals surface area contributed by atoms with Crippen molar-refractivity contribution in [1.29, 1.82) is 0 Å². The Hall–Kier alpha value is -3.91. The predicted octanol–water partition coefficient (Wildman–Crippen LogP) is 4.55. The lowest BCUT2D eigenvalue weighted by molar-refractivity contribution is -0.140. The van der Waals surface area contributed by atoms with Gasteiger partial charge in [-0.05, 0) is 30.7 Å². The molecule has 0 saturated carbocycles. The molecule has 1 unspecified atom stereocenters. The Morgan fingerprint density at radius 3 is 2.64 bits per heavy atom. The summed E-state index contributed by atoms with van der Waals surface area (Å²) < 4.78 is 5.79. The molecule has 0 aliphatic carbocycles. The molecule has 3 heterocycles. The van der Waals surface area contributed by atoms with Gasteiger partial charge in [0.15, 0.2) is 5.78 Å². The Kier molecular flexibility index (Phi) is 5.43. The molecule has 1 aliphatic rings. The molecule has 5 rings (SSSR count). The molecule has 1 saturated heterocycles. The quantitative estimate of drug-likeness (QED) is 0.405. The van der Waals surface area contributed by atoms with Crippen LogP contribution in [0.1, 0.15) is 22.3 Å². The summed E-state index contributed by atoms with van der Waals surface area (Å²) in [6.45, 7) is 0.862. The Morgan fingerprint density at radius 2 is 1.91 bits per heavy atom.